The van der Waals surface area contributed by atoms with Crippen LogP contribution in [0.25, 0.3) is 0 Å². The maximum atomic E-state index is 12.4. The molecule has 0 bridgehead atoms. The Kier molecular flexibility index (Phi) is 7.37. The topological polar surface area (TPSA) is 79.8 Å². The number of carbonyl (C=O) groups is 2. The summed E-state index contributed by atoms with van der Waals surface area (Å²) in [5.74, 6) is -0.207. The fourth-order valence-corrected chi connectivity index (χ4v) is 2.54. The maximum Gasteiger partial charge on any atom is 0.262 e. The molecule has 0 aliphatic rings. The average Bonchev–Trinajstić information content (AvgIpc) is 2.65. The summed E-state index contributed by atoms with van der Waals surface area (Å²) < 4.78 is 5.14. The number of ether oxygens (including phenoxy) is 1. The first kappa shape index (κ1) is 20.5. The normalized spacial score (nSPS) is 12.0. The highest BCUT2D eigenvalue weighted by molar-refractivity contribution is 6.31. The average molecular weight is 388 g/mol. The van der Waals surface area contributed by atoms with Crippen molar-refractivity contribution in [1.82, 2.24) is 10.7 Å². The van der Waals surface area contributed by atoms with E-state index in [2.05, 4.69) is 15.8 Å². The zero-order valence-corrected chi connectivity index (χ0v) is 16.2. The van der Waals surface area contributed by atoms with Crippen LogP contribution in [0, 0.1) is 5.92 Å². The van der Waals surface area contributed by atoms with Crippen molar-refractivity contribution < 1.29 is 14.3 Å². The Labute approximate surface area is 163 Å². The van der Waals surface area contributed by atoms with Gasteiger partial charge in [-0.05, 0) is 41.8 Å². The van der Waals surface area contributed by atoms with Crippen LogP contribution >= 0.6 is 11.6 Å². The van der Waals surface area contributed by atoms with Crippen molar-refractivity contribution in [2.24, 2.45) is 11.0 Å². The molecular weight excluding hydrogens is 366 g/mol. The van der Waals surface area contributed by atoms with Gasteiger partial charge in [-0.2, -0.15) is 5.10 Å². The molecule has 2 aromatic carbocycles. The van der Waals surface area contributed by atoms with Gasteiger partial charge in [0.15, 0.2) is 0 Å². The second kappa shape index (κ2) is 9.73. The van der Waals surface area contributed by atoms with Gasteiger partial charge in [-0.25, -0.2) is 5.43 Å². The number of nitrogens with one attached hydrogen (secondary N) is 2. The lowest BCUT2D eigenvalue weighted by molar-refractivity contribution is -0.123. The molecule has 1 atom stereocenters. The zero-order chi connectivity index (χ0) is 19.8. The number of rotatable bonds is 7. The van der Waals surface area contributed by atoms with Gasteiger partial charge in [0.1, 0.15) is 11.8 Å². The van der Waals surface area contributed by atoms with Crippen molar-refractivity contribution in [2.75, 3.05) is 7.11 Å². The molecule has 6 nitrogen and oxygen atoms in total. The largest absolute Gasteiger partial charge is 0.497 e. The summed E-state index contributed by atoms with van der Waals surface area (Å²) in [6.07, 6.45) is 1.51. The number of hydrogen-bond donors (Lipinski definition) is 2. The SMILES string of the molecule is COc1cccc(/C=N/NC(=O)C(NC(=O)c2cccc(Cl)c2)C(C)C)c1. The molecule has 2 N–H and O–H groups in total. The third-order valence-corrected chi connectivity index (χ3v) is 4.04. The van der Waals surface area contributed by atoms with Crippen molar-refractivity contribution in [3.05, 3.63) is 64.7 Å². The highest BCUT2D eigenvalue weighted by Gasteiger charge is 2.24. The molecule has 0 aromatic heterocycles. The van der Waals surface area contributed by atoms with E-state index in [-0.39, 0.29) is 11.8 Å². The lowest BCUT2D eigenvalue weighted by atomic mass is 10.0. The van der Waals surface area contributed by atoms with Gasteiger partial charge in [0, 0.05) is 10.6 Å². The van der Waals surface area contributed by atoms with E-state index in [1.165, 1.54) is 6.21 Å². The maximum absolute atomic E-state index is 12.4. The third-order valence-electron chi connectivity index (χ3n) is 3.80. The summed E-state index contributed by atoms with van der Waals surface area (Å²) in [5.41, 5.74) is 3.63. The van der Waals surface area contributed by atoms with E-state index >= 15 is 0 Å². The highest BCUT2D eigenvalue weighted by atomic mass is 35.5. The van der Waals surface area contributed by atoms with Gasteiger partial charge < -0.3 is 10.1 Å². The molecule has 0 saturated heterocycles. The number of hydrazone groups is 1. The van der Waals surface area contributed by atoms with Gasteiger partial charge in [0.2, 0.25) is 0 Å². The fourth-order valence-electron chi connectivity index (χ4n) is 2.35. The van der Waals surface area contributed by atoms with Crippen LogP contribution in [0.3, 0.4) is 0 Å². The molecule has 0 saturated carbocycles. The second-order valence-corrected chi connectivity index (χ2v) is 6.65. The third kappa shape index (κ3) is 6.11. The van der Waals surface area contributed by atoms with E-state index in [4.69, 9.17) is 16.3 Å². The monoisotopic (exact) mass is 387 g/mol. The van der Waals surface area contributed by atoms with Crippen molar-refractivity contribution in [2.45, 2.75) is 19.9 Å². The number of carbonyl (C=O) groups excluding carboxylic acids is 2. The summed E-state index contributed by atoms with van der Waals surface area (Å²) in [4.78, 5) is 24.8. The lowest BCUT2D eigenvalue weighted by Gasteiger charge is -2.20. The van der Waals surface area contributed by atoms with Gasteiger partial charge in [-0.1, -0.05) is 43.6 Å². The van der Waals surface area contributed by atoms with Crippen LogP contribution in [0.4, 0.5) is 0 Å². The Morgan fingerprint density at radius 2 is 1.89 bits per heavy atom. The molecule has 0 radical (unpaired) electrons. The molecule has 0 aliphatic heterocycles. The minimum atomic E-state index is -0.737. The van der Waals surface area contributed by atoms with Crippen LogP contribution in [0.15, 0.2) is 53.6 Å². The summed E-state index contributed by atoms with van der Waals surface area (Å²) in [7, 11) is 1.58. The molecular formula is C20H22ClN3O3. The zero-order valence-electron chi connectivity index (χ0n) is 15.4. The van der Waals surface area contributed by atoms with Crippen molar-refractivity contribution in [3.8, 4) is 5.75 Å². The highest BCUT2D eigenvalue weighted by Crippen LogP contribution is 2.12. The van der Waals surface area contributed by atoms with Crippen LogP contribution in [0.1, 0.15) is 29.8 Å². The molecule has 0 spiro atoms. The molecule has 2 aromatic rings. The lowest BCUT2D eigenvalue weighted by Crippen LogP contribution is -2.48. The van der Waals surface area contributed by atoms with Crippen molar-refractivity contribution >= 4 is 29.6 Å². The first-order valence-corrected chi connectivity index (χ1v) is 8.82. The Bertz CT molecular complexity index is 837. The van der Waals surface area contributed by atoms with Gasteiger partial charge in [-0.3, -0.25) is 9.59 Å². The molecule has 2 rings (SSSR count). The molecule has 142 valence electrons. The predicted octanol–water partition coefficient (Wildman–Crippen LogP) is 3.25. The van der Waals surface area contributed by atoms with E-state index in [0.29, 0.717) is 16.3 Å². The number of benzene rings is 2. The van der Waals surface area contributed by atoms with E-state index in [9.17, 15) is 9.59 Å². The summed E-state index contributed by atoms with van der Waals surface area (Å²) in [5, 5.41) is 7.14. The van der Waals surface area contributed by atoms with E-state index < -0.39 is 11.9 Å². The molecule has 0 aliphatic carbocycles. The molecule has 7 heteroatoms. The van der Waals surface area contributed by atoms with Gasteiger partial charge in [-0.15, -0.1) is 0 Å². The second-order valence-electron chi connectivity index (χ2n) is 6.22. The minimum absolute atomic E-state index is 0.125. The minimum Gasteiger partial charge on any atom is -0.497 e. The van der Waals surface area contributed by atoms with E-state index in [0.717, 1.165) is 5.56 Å². The molecule has 27 heavy (non-hydrogen) atoms. The molecule has 0 heterocycles. The van der Waals surface area contributed by atoms with Crippen LogP contribution in [-0.4, -0.2) is 31.2 Å². The van der Waals surface area contributed by atoms with Crippen molar-refractivity contribution in [3.63, 3.8) is 0 Å². The molecule has 1 unspecified atom stereocenters. The van der Waals surface area contributed by atoms with E-state index in [1.54, 1.807) is 37.4 Å². The van der Waals surface area contributed by atoms with Crippen LogP contribution < -0.4 is 15.5 Å². The number of hydrogen-bond acceptors (Lipinski definition) is 4. The van der Waals surface area contributed by atoms with Crippen LogP contribution in [0.2, 0.25) is 5.02 Å². The van der Waals surface area contributed by atoms with E-state index in [1.807, 2.05) is 32.0 Å². The quantitative estimate of drug-likeness (QED) is 0.565. The Hall–Kier alpha value is -2.86. The number of nitrogens with zero attached hydrogens (tertiary/aromatic N) is 1. The van der Waals surface area contributed by atoms with Gasteiger partial charge in [0.05, 0.1) is 13.3 Å². The summed E-state index contributed by atoms with van der Waals surface area (Å²) in [6, 6.07) is 13.1. The van der Waals surface area contributed by atoms with Crippen molar-refractivity contribution in [1.29, 1.82) is 0 Å². The standard InChI is InChI=1S/C20H22ClN3O3/c1-13(2)18(23-19(25)15-7-5-8-16(21)11-15)20(26)24-22-12-14-6-4-9-17(10-14)27-3/h4-13,18H,1-3H3,(H,23,25)(H,24,26)/b22-12+. The Morgan fingerprint density at radius 3 is 2.56 bits per heavy atom. The summed E-state index contributed by atoms with van der Waals surface area (Å²) >= 11 is 5.91. The van der Waals surface area contributed by atoms with Crippen LogP contribution in [-0.2, 0) is 4.79 Å². The first-order chi connectivity index (χ1) is 12.9. The predicted molar refractivity (Wildman–Crippen MR) is 106 cm³/mol. The number of amides is 2. The number of methoxy groups -OCH3 is 1. The molecule has 2 amide bonds. The summed E-state index contributed by atoms with van der Waals surface area (Å²) in [6.45, 7) is 3.68. The Balaban J connectivity index is 2.01. The Morgan fingerprint density at radius 1 is 1.15 bits per heavy atom. The first-order valence-electron chi connectivity index (χ1n) is 8.44. The molecule has 0 fully saturated rings. The van der Waals surface area contributed by atoms with Gasteiger partial charge >= 0.3 is 0 Å². The van der Waals surface area contributed by atoms with Gasteiger partial charge in [0.25, 0.3) is 11.8 Å². The van der Waals surface area contributed by atoms with Crippen LogP contribution in [0.5, 0.6) is 5.75 Å². The number of halogens is 1. The smallest absolute Gasteiger partial charge is 0.262 e. The fraction of sp³-hybridized carbons (Fsp3) is 0.250.